The Hall–Kier alpha value is -3.15. The monoisotopic (exact) mass is 355 g/mol. The molecule has 6 nitrogen and oxygen atoms in total. The van der Waals surface area contributed by atoms with Gasteiger partial charge in [0.2, 0.25) is 5.78 Å². The van der Waals surface area contributed by atoms with Gasteiger partial charge in [-0.05, 0) is 37.6 Å². The number of carbonyl (C=O) groups excluding carboxylic acids is 3. The molecule has 0 radical (unpaired) electrons. The summed E-state index contributed by atoms with van der Waals surface area (Å²) in [6, 6.07) is 12.0. The summed E-state index contributed by atoms with van der Waals surface area (Å²) in [4.78, 5) is 35.9. The molecule has 0 aromatic heterocycles. The predicted molar refractivity (Wildman–Crippen MR) is 96.5 cm³/mol. The number of methoxy groups -OCH3 is 1. The molecule has 0 aliphatic rings. The van der Waals surface area contributed by atoms with E-state index in [2.05, 4.69) is 5.32 Å². The van der Waals surface area contributed by atoms with Crippen LogP contribution in [0.2, 0.25) is 0 Å². The predicted octanol–water partition coefficient (Wildman–Crippen LogP) is 2.47. The number of ketones is 1. The smallest absolute Gasteiger partial charge is 0.325 e. The van der Waals surface area contributed by atoms with Gasteiger partial charge < -0.3 is 14.8 Å². The third-order valence-electron chi connectivity index (χ3n) is 3.77. The Balaban J connectivity index is 1.83. The molecular formula is C20H21NO5. The first-order valence-corrected chi connectivity index (χ1v) is 8.09. The summed E-state index contributed by atoms with van der Waals surface area (Å²) in [7, 11) is 1.50. The largest absolute Gasteiger partial charge is 0.497 e. The van der Waals surface area contributed by atoms with Crippen LogP contribution in [0.15, 0.2) is 42.5 Å². The van der Waals surface area contributed by atoms with Gasteiger partial charge in [-0.3, -0.25) is 14.4 Å². The SMILES string of the molecule is COc1cccc(C(=O)NCC(=O)OCC(=O)c2ccc(C)cc2C)c1. The maximum atomic E-state index is 12.1. The number of Topliss-reactive ketones (excluding diaryl/α,β-unsaturated/α-hetero) is 1. The van der Waals surface area contributed by atoms with Gasteiger partial charge in [-0.15, -0.1) is 0 Å². The average Bonchev–Trinajstić information content (AvgIpc) is 2.64. The zero-order valence-electron chi connectivity index (χ0n) is 15.0. The summed E-state index contributed by atoms with van der Waals surface area (Å²) in [6.07, 6.45) is 0. The number of hydrogen-bond donors (Lipinski definition) is 1. The fraction of sp³-hybridized carbons (Fsp3) is 0.250. The number of rotatable bonds is 7. The van der Waals surface area contributed by atoms with Crippen molar-refractivity contribution in [1.29, 1.82) is 0 Å². The molecule has 1 N–H and O–H groups in total. The van der Waals surface area contributed by atoms with Gasteiger partial charge in [0.25, 0.3) is 5.91 Å². The van der Waals surface area contributed by atoms with E-state index in [1.807, 2.05) is 26.0 Å². The Morgan fingerprint density at radius 3 is 2.50 bits per heavy atom. The molecule has 2 aromatic carbocycles. The number of aryl methyl sites for hydroxylation is 2. The number of benzene rings is 2. The van der Waals surface area contributed by atoms with E-state index in [1.54, 1.807) is 30.3 Å². The summed E-state index contributed by atoms with van der Waals surface area (Å²) >= 11 is 0. The molecule has 0 saturated carbocycles. The standard InChI is InChI=1S/C20H21NO5/c1-13-7-8-17(14(2)9-13)18(22)12-26-19(23)11-21-20(24)15-5-4-6-16(10-15)25-3/h4-10H,11-12H2,1-3H3,(H,21,24). The van der Waals surface area contributed by atoms with Gasteiger partial charge in [0.05, 0.1) is 7.11 Å². The van der Waals surface area contributed by atoms with Crippen molar-refractivity contribution >= 4 is 17.7 Å². The molecule has 6 heteroatoms. The Labute approximate surface area is 152 Å². The molecule has 26 heavy (non-hydrogen) atoms. The topological polar surface area (TPSA) is 81.7 Å². The normalized spacial score (nSPS) is 10.1. The second-order valence-electron chi connectivity index (χ2n) is 5.82. The third-order valence-corrected chi connectivity index (χ3v) is 3.77. The van der Waals surface area contributed by atoms with E-state index >= 15 is 0 Å². The minimum Gasteiger partial charge on any atom is -0.497 e. The number of carbonyl (C=O) groups is 3. The fourth-order valence-electron chi connectivity index (χ4n) is 2.42. The molecule has 136 valence electrons. The molecule has 0 fully saturated rings. The van der Waals surface area contributed by atoms with E-state index in [4.69, 9.17) is 9.47 Å². The summed E-state index contributed by atoms with van der Waals surface area (Å²) in [6.45, 7) is 3.08. The Morgan fingerprint density at radius 1 is 1.04 bits per heavy atom. The molecule has 2 rings (SSSR count). The number of esters is 1. The van der Waals surface area contributed by atoms with Gasteiger partial charge in [-0.2, -0.15) is 0 Å². The first-order valence-electron chi connectivity index (χ1n) is 8.09. The maximum Gasteiger partial charge on any atom is 0.325 e. The quantitative estimate of drug-likeness (QED) is 0.609. The molecule has 0 aliphatic heterocycles. The van der Waals surface area contributed by atoms with Crippen LogP contribution >= 0.6 is 0 Å². The van der Waals surface area contributed by atoms with Crippen molar-refractivity contribution in [3.8, 4) is 5.75 Å². The van der Waals surface area contributed by atoms with Crippen molar-refractivity contribution in [2.24, 2.45) is 0 Å². The van der Waals surface area contributed by atoms with Gasteiger partial charge in [0.1, 0.15) is 12.3 Å². The summed E-state index contributed by atoms with van der Waals surface area (Å²) < 4.78 is 9.99. The van der Waals surface area contributed by atoms with Gasteiger partial charge in [-0.1, -0.05) is 29.8 Å². The first kappa shape index (κ1) is 19.2. The lowest BCUT2D eigenvalue weighted by Gasteiger charge is -2.08. The molecule has 0 heterocycles. The van der Waals surface area contributed by atoms with Crippen LogP contribution in [0.3, 0.4) is 0 Å². The fourth-order valence-corrected chi connectivity index (χ4v) is 2.42. The van der Waals surface area contributed by atoms with Crippen molar-refractivity contribution in [1.82, 2.24) is 5.32 Å². The van der Waals surface area contributed by atoms with Crippen molar-refractivity contribution in [3.63, 3.8) is 0 Å². The van der Waals surface area contributed by atoms with Gasteiger partial charge in [-0.25, -0.2) is 0 Å². The second-order valence-corrected chi connectivity index (χ2v) is 5.82. The van der Waals surface area contributed by atoms with E-state index < -0.39 is 11.9 Å². The summed E-state index contributed by atoms with van der Waals surface area (Å²) in [5.74, 6) is -0.852. The Bertz CT molecular complexity index is 829. The number of nitrogens with one attached hydrogen (secondary N) is 1. The lowest BCUT2D eigenvalue weighted by Crippen LogP contribution is -2.31. The molecule has 0 saturated heterocycles. The average molecular weight is 355 g/mol. The molecule has 0 unspecified atom stereocenters. The van der Waals surface area contributed by atoms with E-state index in [9.17, 15) is 14.4 Å². The van der Waals surface area contributed by atoms with Crippen LogP contribution in [0, 0.1) is 13.8 Å². The van der Waals surface area contributed by atoms with E-state index in [-0.39, 0.29) is 18.9 Å². The highest BCUT2D eigenvalue weighted by Gasteiger charge is 2.14. The molecular weight excluding hydrogens is 334 g/mol. The van der Waals surface area contributed by atoms with Crippen LogP contribution in [0.25, 0.3) is 0 Å². The van der Waals surface area contributed by atoms with Crippen molar-refractivity contribution in [2.45, 2.75) is 13.8 Å². The van der Waals surface area contributed by atoms with Crippen molar-refractivity contribution in [3.05, 3.63) is 64.7 Å². The molecule has 2 aromatic rings. The third kappa shape index (κ3) is 5.17. The molecule has 0 spiro atoms. The first-order chi connectivity index (χ1) is 12.4. The maximum absolute atomic E-state index is 12.1. The van der Waals surface area contributed by atoms with Gasteiger partial charge in [0, 0.05) is 11.1 Å². The van der Waals surface area contributed by atoms with Crippen LogP contribution in [-0.4, -0.2) is 37.9 Å². The lowest BCUT2D eigenvalue weighted by atomic mass is 10.0. The van der Waals surface area contributed by atoms with E-state index in [0.29, 0.717) is 16.9 Å². The van der Waals surface area contributed by atoms with Gasteiger partial charge >= 0.3 is 5.97 Å². The Morgan fingerprint density at radius 2 is 1.81 bits per heavy atom. The highest BCUT2D eigenvalue weighted by atomic mass is 16.5. The van der Waals surface area contributed by atoms with Crippen LogP contribution in [0.5, 0.6) is 5.75 Å². The highest BCUT2D eigenvalue weighted by Crippen LogP contribution is 2.13. The number of amides is 1. The summed E-state index contributed by atoms with van der Waals surface area (Å²) in [5, 5.41) is 2.45. The van der Waals surface area contributed by atoms with Crippen LogP contribution in [-0.2, 0) is 9.53 Å². The van der Waals surface area contributed by atoms with Crippen LogP contribution in [0.1, 0.15) is 31.8 Å². The molecule has 0 bridgehead atoms. The zero-order valence-corrected chi connectivity index (χ0v) is 15.0. The van der Waals surface area contributed by atoms with Crippen LogP contribution in [0.4, 0.5) is 0 Å². The molecule has 0 atom stereocenters. The van der Waals surface area contributed by atoms with E-state index in [0.717, 1.165) is 11.1 Å². The number of hydrogen-bond acceptors (Lipinski definition) is 5. The van der Waals surface area contributed by atoms with Gasteiger partial charge in [0.15, 0.2) is 6.61 Å². The Kier molecular flexibility index (Phi) is 6.49. The summed E-state index contributed by atoms with van der Waals surface area (Å²) in [5.41, 5.74) is 2.76. The van der Waals surface area contributed by atoms with Crippen molar-refractivity contribution in [2.75, 3.05) is 20.3 Å². The molecule has 1 amide bonds. The van der Waals surface area contributed by atoms with Crippen molar-refractivity contribution < 1.29 is 23.9 Å². The van der Waals surface area contributed by atoms with E-state index in [1.165, 1.54) is 7.11 Å². The second kappa shape index (κ2) is 8.80. The lowest BCUT2D eigenvalue weighted by molar-refractivity contribution is -0.141. The molecule has 0 aliphatic carbocycles. The zero-order chi connectivity index (χ0) is 19.1. The minimum atomic E-state index is -0.681. The van der Waals surface area contributed by atoms with Crippen LogP contribution < -0.4 is 10.1 Å². The highest BCUT2D eigenvalue weighted by molar-refractivity contribution is 6.00. The minimum absolute atomic E-state index is 0.282. The number of ether oxygens (including phenoxy) is 2.